The molecule has 0 spiro atoms. The van der Waals surface area contributed by atoms with Crippen molar-refractivity contribution in [1.29, 1.82) is 0 Å². The molecule has 0 aromatic rings. The van der Waals surface area contributed by atoms with Crippen molar-refractivity contribution in [3.05, 3.63) is 0 Å². The van der Waals surface area contributed by atoms with E-state index in [1.165, 1.54) is 0 Å². The van der Waals surface area contributed by atoms with Gasteiger partial charge in [-0.05, 0) is 6.92 Å². The Bertz CT molecular complexity index is 64.0. The van der Waals surface area contributed by atoms with E-state index in [2.05, 4.69) is 14.8 Å². The molecule has 0 rings (SSSR count). The zero-order valence-corrected chi connectivity index (χ0v) is 6.88. The van der Waals surface area contributed by atoms with Crippen molar-refractivity contribution in [3.8, 4) is 0 Å². The minimum absolute atomic E-state index is 0.0648. The van der Waals surface area contributed by atoms with Crippen LogP contribution in [-0.2, 0) is 14.3 Å². The maximum atomic E-state index is 9.06. The number of carbonyl (C=O) groups is 1. The lowest BCUT2D eigenvalue weighted by molar-refractivity contribution is -0.109. The van der Waals surface area contributed by atoms with Gasteiger partial charge in [0, 0.05) is 21.3 Å². The summed E-state index contributed by atoms with van der Waals surface area (Å²) in [6, 6.07) is 0. The van der Waals surface area contributed by atoms with Crippen LogP contribution in [0.2, 0.25) is 0 Å². The molecule has 0 bridgehead atoms. The lowest BCUT2D eigenvalue weighted by atomic mass is 10.8. The van der Waals surface area contributed by atoms with Crippen molar-refractivity contribution < 1.29 is 14.3 Å². The Morgan fingerprint density at radius 2 is 1.70 bits per heavy atom. The molecule has 0 aromatic heterocycles. The maximum Gasteiger partial charge on any atom is 0.206 e. The van der Waals surface area contributed by atoms with Gasteiger partial charge in [0.2, 0.25) is 6.41 Å². The smallest absolute Gasteiger partial charge is 0.206 e. The van der Waals surface area contributed by atoms with Gasteiger partial charge in [-0.15, -0.1) is 0 Å². The van der Waals surface area contributed by atoms with Gasteiger partial charge in [0.25, 0.3) is 0 Å². The molecule has 0 radical (unpaired) electrons. The Morgan fingerprint density at radius 1 is 1.40 bits per heavy atom. The maximum absolute atomic E-state index is 9.06. The predicted octanol–water partition coefficient (Wildman–Crippen LogP) is -0.0126. The monoisotopic (exact) mass is 149 g/mol. The largest absolute Gasteiger partial charge is 0.362 e. The summed E-state index contributed by atoms with van der Waals surface area (Å²) in [6.07, 6.45) is 0.560. The molecular formula is C6H15NO3. The molecule has 4 nitrogen and oxygen atoms in total. The Morgan fingerprint density at radius 3 is 1.70 bits per heavy atom. The van der Waals surface area contributed by atoms with Gasteiger partial charge in [0.1, 0.15) is 0 Å². The van der Waals surface area contributed by atoms with E-state index in [1.807, 2.05) is 6.92 Å². The van der Waals surface area contributed by atoms with E-state index >= 15 is 0 Å². The molecule has 0 saturated carbocycles. The van der Waals surface area contributed by atoms with E-state index in [1.54, 1.807) is 21.3 Å². The van der Waals surface area contributed by atoms with Crippen LogP contribution in [0.5, 0.6) is 0 Å². The number of rotatable bonds is 3. The van der Waals surface area contributed by atoms with E-state index in [4.69, 9.17) is 4.79 Å². The first kappa shape index (κ1) is 12.1. The highest BCUT2D eigenvalue weighted by atomic mass is 16.7. The number of ether oxygens (including phenoxy) is 2. The van der Waals surface area contributed by atoms with Crippen LogP contribution in [0.1, 0.15) is 6.92 Å². The third-order valence-corrected chi connectivity index (χ3v) is 0.782. The first-order valence-corrected chi connectivity index (χ1v) is 2.89. The van der Waals surface area contributed by atoms with Crippen LogP contribution in [0.3, 0.4) is 0 Å². The van der Waals surface area contributed by atoms with Gasteiger partial charge < -0.3 is 14.8 Å². The number of amides is 1. The minimum Gasteiger partial charge on any atom is -0.362 e. The van der Waals surface area contributed by atoms with Crippen LogP contribution in [0.25, 0.3) is 0 Å². The Kier molecular flexibility index (Phi) is 13.6. The fourth-order valence-corrected chi connectivity index (χ4v) is 0.0962. The fourth-order valence-electron chi connectivity index (χ4n) is 0.0962. The molecule has 0 heterocycles. The van der Waals surface area contributed by atoms with E-state index in [0.717, 1.165) is 0 Å². The molecule has 1 amide bonds. The Balaban J connectivity index is 0. The first-order chi connectivity index (χ1) is 4.72. The summed E-state index contributed by atoms with van der Waals surface area (Å²) < 4.78 is 9.35. The molecule has 0 aliphatic heterocycles. The van der Waals surface area contributed by atoms with E-state index in [0.29, 0.717) is 6.41 Å². The molecule has 1 N–H and O–H groups in total. The van der Waals surface area contributed by atoms with Gasteiger partial charge >= 0.3 is 0 Å². The molecule has 0 atom stereocenters. The molecule has 4 heteroatoms. The summed E-state index contributed by atoms with van der Waals surface area (Å²) in [6.45, 7) is 1.83. The molecule has 0 aromatic carbocycles. The topological polar surface area (TPSA) is 47.6 Å². The van der Waals surface area contributed by atoms with Crippen LogP contribution in [0.15, 0.2) is 0 Å². The number of nitrogens with one attached hydrogen (secondary N) is 1. The van der Waals surface area contributed by atoms with Crippen molar-refractivity contribution in [1.82, 2.24) is 5.32 Å². The first-order valence-electron chi connectivity index (χ1n) is 2.89. The summed E-state index contributed by atoms with van der Waals surface area (Å²) >= 11 is 0. The van der Waals surface area contributed by atoms with Crippen molar-refractivity contribution in [3.63, 3.8) is 0 Å². The molecule has 0 aliphatic carbocycles. The lowest BCUT2D eigenvalue weighted by Gasteiger charge is -2.03. The summed E-state index contributed by atoms with van der Waals surface area (Å²) in [5, 5.41) is 2.25. The summed E-state index contributed by atoms with van der Waals surface area (Å²) in [5.74, 6) is 0. The number of hydrogen-bond acceptors (Lipinski definition) is 3. The van der Waals surface area contributed by atoms with Gasteiger partial charge in [-0.3, -0.25) is 4.79 Å². The standard InChI is InChI=1S/C4H10O2.C2H5NO/c1-4(5-2)6-3;1-3-2-4/h4H,1-3H3;2H,1H3,(H,3,4). The zero-order valence-electron chi connectivity index (χ0n) is 6.88. The molecule has 0 saturated heterocycles. The Labute approximate surface area is 61.5 Å². The highest BCUT2D eigenvalue weighted by molar-refractivity contribution is 5.44. The number of methoxy groups -OCH3 is 2. The predicted molar refractivity (Wildman–Crippen MR) is 38.6 cm³/mol. The quantitative estimate of drug-likeness (QED) is 0.453. The van der Waals surface area contributed by atoms with E-state index in [9.17, 15) is 0 Å². The van der Waals surface area contributed by atoms with Crippen LogP contribution in [0, 0.1) is 0 Å². The van der Waals surface area contributed by atoms with E-state index in [-0.39, 0.29) is 6.29 Å². The molecule has 10 heavy (non-hydrogen) atoms. The zero-order chi connectivity index (χ0) is 8.41. The molecule has 0 unspecified atom stereocenters. The average Bonchev–Trinajstić information content (AvgIpc) is 2.03. The van der Waals surface area contributed by atoms with E-state index < -0.39 is 0 Å². The van der Waals surface area contributed by atoms with Crippen LogP contribution >= 0.6 is 0 Å². The molecule has 62 valence electrons. The number of carbonyl (C=O) groups excluding carboxylic acids is 1. The van der Waals surface area contributed by atoms with Crippen LogP contribution in [0.4, 0.5) is 0 Å². The average molecular weight is 149 g/mol. The third-order valence-electron chi connectivity index (χ3n) is 0.782. The van der Waals surface area contributed by atoms with Crippen molar-refractivity contribution in [2.24, 2.45) is 0 Å². The molecule has 0 fully saturated rings. The second-order valence-corrected chi connectivity index (χ2v) is 1.45. The van der Waals surface area contributed by atoms with Crippen molar-refractivity contribution in [2.75, 3.05) is 21.3 Å². The van der Waals surface area contributed by atoms with Gasteiger partial charge in [-0.2, -0.15) is 0 Å². The van der Waals surface area contributed by atoms with Gasteiger partial charge in [0.15, 0.2) is 6.29 Å². The fraction of sp³-hybridized carbons (Fsp3) is 0.833. The van der Waals surface area contributed by atoms with Gasteiger partial charge in [-0.25, -0.2) is 0 Å². The van der Waals surface area contributed by atoms with Crippen molar-refractivity contribution in [2.45, 2.75) is 13.2 Å². The Hall–Kier alpha value is -0.610. The van der Waals surface area contributed by atoms with Crippen LogP contribution in [-0.4, -0.2) is 34.0 Å². The van der Waals surface area contributed by atoms with Gasteiger partial charge in [-0.1, -0.05) is 0 Å². The number of hydrogen-bond donors (Lipinski definition) is 1. The summed E-state index contributed by atoms with van der Waals surface area (Å²) in [5.41, 5.74) is 0. The second-order valence-electron chi connectivity index (χ2n) is 1.45. The normalized spacial score (nSPS) is 8.10. The molecular weight excluding hydrogens is 134 g/mol. The molecule has 0 aliphatic rings. The van der Waals surface area contributed by atoms with Crippen molar-refractivity contribution >= 4 is 6.41 Å². The minimum atomic E-state index is -0.0648. The lowest BCUT2D eigenvalue weighted by Crippen LogP contribution is -2.05. The van der Waals surface area contributed by atoms with Gasteiger partial charge in [0.05, 0.1) is 0 Å². The highest BCUT2D eigenvalue weighted by Gasteiger charge is 1.87. The highest BCUT2D eigenvalue weighted by Crippen LogP contribution is 1.82. The SMILES string of the molecule is CNC=O.COC(C)OC. The third kappa shape index (κ3) is 15.7. The summed E-state index contributed by atoms with van der Waals surface area (Å²) in [7, 11) is 4.77. The van der Waals surface area contributed by atoms with Crippen LogP contribution < -0.4 is 5.32 Å². The summed E-state index contributed by atoms with van der Waals surface area (Å²) in [4.78, 5) is 9.06. The second kappa shape index (κ2) is 11.2.